The van der Waals surface area contributed by atoms with Crippen molar-refractivity contribution in [2.75, 3.05) is 25.4 Å². The van der Waals surface area contributed by atoms with Crippen LogP contribution in [0, 0.1) is 6.92 Å². The van der Waals surface area contributed by atoms with Crippen LogP contribution in [0.1, 0.15) is 5.56 Å². The van der Waals surface area contributed by atoms with Crippen molar-refractivity contribution < 1.29 is 22.7 Å². The maximum Gasteiger partial charge on any atom is 0.416 e. The molecule has 1 aromatic carbocycles. The lowest BCUT2D eigenvalue weighted by molar-refractivity contribution is -0.236. The van der Waals surface area contributed by atoms with E-state index >= 15 is 0 Å². The second-order valence-electron chi connectivity index (χ2n) is 4.79. The van der Waals surface area contributed by atoms with E-state index in [9.17, 15) is 18.0 Å². The van der Waals surface area contributed by atoms with Crippen LogP contribution in [0.2, 0.25) is 0 Å². The van der Waals surface area contributed by atoms with Crippen molar-refractivity contribution in [3.63, 3.8) is 0 Å². The molecule has 21 heavy (non-hydrogen) atoms. The highest BCUT2D eigenvalue weighted by Crippen LogP contribution is 2.27. The smallest absolute Gasteiger partial charge is 0.365 e. The average molecular weight is 319 g/mol. The molecule has 1 fully saturated rings. The second kappa shape index (κ2) is 6.70. The van der Waals surface area contributed by atoms with E-state index in [1.165, 1.54) is 16.7 Å². The fourth-order valence-electron chi connectivity index (χ4n) is 2.02. The van der Waals surface area contributed by atoms with Gasteiger partial charge in [-0.2, -0.15) is 13.2 Å². The molecule has 1 atom stereocenters. The largest absolute Gasteiger partial charge is 0.416 e. The molecule has 1 aromatic rings. The molecule has 1 aliphatic rings. The number of morpholine rings is 1. The summed E-state index contributed by atoms with van der Waals surface area (Å²) in [6.45, 7) is 1.64. The number of benzene rings is 1. The summed E-state index contributed by atoms with van der Waals surface area (Å²) < 4.78 is 42.5. The third-order valence-corrected chi connectivity index (χ3v) is 4.39. The first-order valence-electron chi connectivity index (χ1n) is 6.52. The summed E-state index contributed by atoms with van der Waals surface area (Å²) in [5, 5.41) is 0. The summed E-state index contributed by atoms with van der Waals surface area (Å²) in [6, 6.07) is 7.59. The van der Waals surface area contributed by atoms with Crippen LogP contribution in [0.15, 0.2) is 29.2 Å². The fraction of sp³-hybridized carbons (Fsp3) is 0.500. The number of rotatable bonds is 3. The maximum atomic E-state index is 12.6. The number of ether oxygens (including phenoxy) is 1. The number of amides is 1. The lowest BCUT2D eigenvalue weighted by Crippen LogP contribution is -2.51. The molecular weight excluding hydrogens is 303 g/mol. The number of hydrogen-bond acceptors (Lipinski definition) is 3. The SMILES string of the molecule is Cc1ccccc1SCC(=O)N1CCO[C@@H](C(F)(F)F)C1. The predicted octanol–water partition coefficient (Wildman–Crippen LogP) is 2.88. The van der Waals surface area contributed by atoms with Gasteiger partial charge in [0.15, 0.2) is 6.10 Å². The minimum atomic E-state index is -4.43. The zero-order chi connectivity index (χ0) is 15.5. The van der Waals surface area contributed by atoms with Crippen molar-refractivity contribution in [1.82, 2.24) is 4.90 Å². The fourth-order valence-corrected chi connectivity index (χ4v) is 2.96. The van der Waals surface area contributed by atoms with Gasteiger partial charge in [0.1, 0.15) is 0 Å². The number of hydrogen-bond donors (Lipinski definition) is 0. The van der Waals surface area contributed by atoms with E-state index in [1.54, 1.807) is 0 Å². The minimum absolute atomic E-state index is 0.0784. The monoisotopic (exact) mass is 319 g/mol. The molecule has 0 bridgehead atoms. The summed E-state index contributed by atoms with van der Waals surface area (Å²) in [7, 11) is 0. The molecule has 1 amide bonds. The lowest BCUT2D eigenvalue weighted by atomic mass is 10.2. The van der Waals surface area contributed by atoms with E-state index in [2.05, 4.69) is 4.74 Å². The van der Waals surface area contributed by atoms with Crippen LogP contribution in [0.5, 0.6) is 0 Å². The molecular formula is C14H16F3NO2S. The zero-order valence-electron chi connectivity index (χ0n) is 11.5. The number of halogens is 3. The van der Waals surface area contributed by atoms with Crippen LogP contribution in [-0.2, 0) is 9.53 Å². The molecule has 7 heteroatoms. The summed E-state index contributed by atoms with van der Waals surface area (Å²) in [5.74, 6) is -0.157. The van der Waals surface area contributed by atoms with Gasteiger partial charge in [0, 0.05) is 11.4 Å². The Morgan fingerprint density at radius 1 is 1.43 bits per heavy atom. The van der Waals surface area contributed by atoms with Gasteiger partial charge >= 0.3 is 6.18 Å². The molecule has 2 rings (SSSR count). The van der Waals surface area contributed by atoms with Gasteiger partial charge in [-0.3, -0.25) is 4.79 Å². The molecule has 0 radical (unpaired) electrons. The molecule has 0 aliphatic carbocycles. The van der Waals surface area contributed by atoms with E-state index in [0.717, 1.165) is 10.5 Å². The van der Waals surface area contributed by atoms with Gasteiger partial charge in [-0.05, 0) is 18.6 Å². The van der Waals surface area contributed by atoms with Crippen LogP contribution in [0.25, 0.3) is 0 Å². The number of aryl methyl sites for hydroxylation is 1. The summed E-state index contributed by atoms with van der Waals surface area (Å²) in [5.41, 5.74) is 1.05. The summed E-state index contributed by atoms with van der Waals surface area (Å²) in [4.78, 5) is 14.2. The first kappa shape index (κ1) is 16.2. The molecule has 0 saturated carbocycles. The Bertz CT molecular complexity index is 507. The Kier molecular flexibility index (Phi) is 5.16. The number of carbonyl (C=O) groups excluding carboxylic acids is 1. The quantitative estimate of drug-likeness (QED) is 0.803. The van der Waals surface area contributed by atoms with Gasteiger partial charge in [-0.25, -0.2) is 0 Å². The molecule has 1 saturated heterocycles. The average Bonchev–Trinajstić information content (AvgIpc) is 2.45. The van der Waals surface area contributed by atoms with Gasteiger partial charge in [0.25, 0.3) is 0 Å². The number of alkyl halides is 3. The molecule has 0 unspecified atom stereocenters. The number of thioether (sulfide) groups is 1. The van der Waals surface area contributed by atoms with Crippen LogP contribution in [0.3, 0.4) is 0 Å². The Labute approximate surface area is 125 Å². The second-order valence-corrected chi connectivity index (χ2v) is 5.81. The van der Waals surface area contributed by atoms with Gasteiger partial charge in [0.2, 0.25) is 5.91 Å². The van der Waals surface area contributed by atoms with Crippen LogP contribution in [-0.4, -0.2) is 48.5 Å². The number of nitrogens with zero attached hydrogens (tertiary/aromatic N) is 1. The summed E-state index contributed by atoms with van der Waals surface area (Å²) >= 11 is 1.34. The Morgan fingerprint density at radius 2 is 2.14 bits per heavy atom. The van der Waals surface area contributed by atoms with E-state index in [4.69, 9.17) is 0 Å². The molecule has 0 N–H and O–H groups in total. The van der Waals surface area contributed by atoms with Gasteiger partial charge in [0.05, 0.1) is 18.9 Å². The molecule has 3 nitrogen and oxygen atoms in total. The van der Waals surface area contributed by atoms with Crippen LogP contribution >= 0.6 is 11.8 Å². The standard InChI is InChI=1S/C14H16F3NO2S/c1-10-4-2-3-5-11(10)21-9-13(19)18-6-7-20-12(8-18)14(15,16)17/h2-5,12H,6-9H2,1H3/t12-/m1/s1. The van der Waals surface area contributed by atoms with E-state index < -0.39 is 18.8 Å². The van der Waals surface area contributed by atoms with Crippen molar-refractivity contribution in [3.05, 3.63) is 29.8 Å². The minimum Gasteiger partial charge on any atom is -0.365 e. The van der Waals surface area contributed by atoms with E-state index in [1.807, 2.05) is 31.2 Å². The third kappa shape index (κ3) is 4.38. The Hall–Kier alpha value is -1.21. The van der Waals surface area contributed by atoms with Crippen molar-refractivity contribution >= 4 is 17.7 Å². The topological polar surface area (TPSA) is 29.5 Å². The molecule has 1 heterocycles. The first-order chi connectivity index (χ1) is 9.88. The number of carbonyl (C=O) groups is 1. The normalized spacial score (nSPS) is 19.6. The summed E-state index contributed by atoms with van der Waals surface area (Å²) in [6.07, 6.45) is -6.30. The van der Waals surface area contributed by atoms with Crippen LogP contribution < -0.4 is 0 Å². The Balaban J connectivity index is 1.90. The van der Waals surface area contributed by atoms with E-state index in [-0.39, 0.29) is 24.8 Å². The van der Waals surface area contributed by atoms with Crippen molar-refractivity contribution in [1.29, 1.82) is 0 Å². The highest BCUT2D eigenvalue weighted by molar-refractivity contribution is 8.00. The molecule has 116 valence electrons. The third-order valence-electron chi connectivity index (χ3n) is 3.23. The molecule has 1 aliphatic heterocycles. The highest BCUT2D eigenvalue weighted by atomic mass is 32.2. The van der Waals surface area contributed by atoms with Crippen molar-refractivity contribution in [2.45, 2.75) is 24.1 Å². The highest BCUT2D eigenvalue weighted by Gasteiger charge is 2.44. The van der Waals surface area contributed by atoms with Gasteiger partial charge in [-0.15, -0.1) is 11.8 Å². The van der Waals surface area contributed by atoms with Crippen LogP contribution in [0.4, 0.5) is 13.2 Å². The van der Waals surface area contributed by atoms with E-state index in [0.29, 0.717) is 0 Å². The van der Waals surface area contributed by atoms with Crippen molar-refractivity contribution in [3.8, 4) is 0 Å². The molecule has 0 aromatic heterocycles. The predicted molar refractivity (Wildman–Crippen MR) is 74.3 cm³/mol. The zero-order valence-corrected chi connectivity index (χ0v) is 12.3. The Morgan fingerprint density at radius 3 is 2.81 bits per heavy atom. The van der Waals surface area contributed by atoms with Crippen molar-refractivity contribution in [2.24, 2.45) is 0 Å². The first-order valence-corrected chi connectivity index (χ1v) is 7.51. The maximum absolute atomic E-state index is 12.6. The van der Waals surface area contributed by atoms with Gasteiger partial charge < -0.3 is 9.64 Å². The van der Waals surface area contributed by atoms with Gasteiger partial charge in [-0.1, -0.05) is 18.2 Å². The molecule has 0 spiro atoms. The lowest BCUT2D eigenvalue weighted by Gasteiger charge is -2.33.